The molecule has 0 bridgehead atoms. The summed E-state index contributed by atoms with van der Waals surface area (Å²) in [7, 11) is 0. The van der Waals surface area contributed by atoms with Gasteiger partial charge in [0.15, 0.2) is 0 Å². The van der Waals surface area contributed by atoms with Crippen molar-refractivity contribution >= 4 is 5.97 Å². The SMILES string of the molecule is CCCCCCCCC=CCCCCCCCC(=O)OCC(CO)(CO)CO. The van der Waals surface area contributed by atoms with Crippen LogP contribution in [0.2, 0.25) is 0 Å². The zero-order chi connectivity index (χ0) is 20.9. The van der Waals surface area contributed by atoms with Crippen LogP contribution >= 0.6 is 0 Å². The van der Waals surface area contributed by atoms with Crippen LogP contribution in [0.25, 0.3) is 0 Å². The lowest BCUT2D eigenvalue weighted by molar-refractivity contribution is -0.151. The molecule has 0 fully saturated rings. The van der Waals surface area contributed by atoms with Gasteiger partial charge in [-0.1, -0.05) is 70.4 Å². The second-order valence-corrected chi connectivity index (χ2v) is 7.97. The van der Waals surface area contributed by atoms with Crippen molar-refractivity contribution in [1.82, 2.24) is 0 Å². The van der Waals surface area contributed by atoms with E-state index in [-0.39, 0.29) is 12.6 Å². The maximum atomic E-state index is 11.7. The fourth-order valence-corrected chi connectivity index (χ4v) is 2.93. The van der Waals surface area contributed by atoms with Crippen LogP contribution in [0.1, 0.15) is 96.8 Å². The van der Waals surface area contributed by atoms with Crippen molar-refractivity contribution in [2.45, 2.75) is 96.8 Å². The Kier molecular flexibility index (Phi) is 18.8. The third-order valence-electron chi connectivity index (χ3n) is 5.19. The molecule has 0 aromatic carbocycles. The second-order valence-electron chi connectivity index (χ2n) is 7.97. The van der Waals surface area contributed by atoms with E-state index >= 15 is 0 Å². The Morgan fingerprint density at radius 1 is 0.750 bits per heavy atom. The zero-order valence-electron chi connectivity index (χ0n) is 18.0. The summed E-state index contributed by atoms with van der Waals surface area (Å²) in [6, 6.07) is 0. The van der Waals surface area contributed by atoms with Gasteiger partial charge in [0.2, 0.25) is 0 Å². The summed E-state index contributed by atoms with van der Waals surface area (Å²) < 4.78 is 5.07. The van der Waals surface area contributed by atoms with Gasteiger partial charge in [0.1, 0.15) is 6.61 Å². The third-order valence-corrected chi connectivity index (χ3v) is 5.19. The number of carbonyl (C=O) groups is 1. The van der Waals surface area contributed by atoms with Crippen LogP contribution in [0.3, 0.4) is 0 Å². The van der Waals surface area contributed by atoms with Crippen LogP contribution in [0.5, 0.6) is 0 Å². The Labute approximate surface area is 172 Å². The highest BCUT2D eigenvalue weighted by atomic mass is 16.5. The number of allylic oxidation sites excluding steroid dienone is 2. The van der Waals surface area contributed by atoms with Crippen molar-refractivity contribution in [3.8, 4) is 0 Å². The average molecular weight is 401 g/mol. The molecule has 5 heteroatoms. The lowest BCUT2D eigenvalue weighted by Gasteiger charge is -2.26. The largest absolute Gasteiger partial charge is 0.465 e. The number of aliphatic hydroxyl groups is 3. The second kappa shape index (κ2) is 19.4. The Bertz CT molecular complexity index is 369. The van der Waals surface area contributed by atoms with E-state index in [1.165, 1.54) is 57.8 Å². The average Bonchev–Trinajstić information content (AvgIpc) is 2.72. The van der Waals surface area contributed by atoms with Gasteiger partial charge >= 0.3 is 5.97 Å². The van der Waals surface area contributed by atoms with Gasteiger partial charge in [-0.25, -0.2) is 0 Å². The van der Waals surface area contributed by atoms with Gasteiger partial charge in [0.05, 0.1) is 25.2 Å². The first-order chi connectivity index (χ1) is 13.6. The predicted molar refractivity (Wildman–Crippen MR) is 114 cm³/mol. The molecule has 5 nitrogen and oxygen atoms in total. The van der Waals surface area contributed by atoms with E-state index in [0.717, 1.165) is 25.7 Å². The number of hydrogen-bond acceptors (Lipinski definition) is 5. The first-order valence-corrected chi connectivity index (χ1v) is 11.3. The number of esters is 1. The topological polar surface area (TPSA) is 87.0 Å². The molecule has 0 aliphatic rings. The van der Waals surface area contributed by atoms with E-state index < -0.39 is 25.2 Å². The van der Waals surface area contributed by atoms with Gasteiger partial charge < -0.3 is 20.1 Å². The summed E-state index contributed by atoms with van der Waals surface area (Å²) in [4.78, 5) is 11.7. The molecule has 0 aliphatic heterocycles. The quantitative estimate of drug-likeness (QED) is 0.159. The van der Waals surface area contributed by atoms with Crippen LogP contribution in [-0.4, -0.2) is 47.7 Å². The van der Waals surface area contributed by atoms with E-state index in [2.05, 4.69) is 19.1 Å². The lowest BCUT2D eigenvalue weighted by atomic mass is 9.93. The monoisotopic (exact) mass is 400 g/mol. The van der Waals surface area contributed by atoms with E-state index in [0.29, 0.717) is 6.42 Å². The minimum absolute atomic E-state index is 0.152. The number of rotatable bonds is 20. The molecule has 166 valence electrons. The van der Waals surface area contributed by atoms with Gasteiger partial charge in [0.25, 0.3) is 0 Å². The molecule has 0 spiro atoms. The number of aliphatic hydroxyl groups excluding tert-OH is 3. The third kappa shape index (κ3) is 15.1. The number of unbranched alkanes of at least 4 members (excludes halogenated alkanes) is 11. The Hall–Kier alpha value is -0.910. The van der Waals surface area contributed by atoms with E-state index in [1.807, 2.05) is 0 Å². The summed E-state index contributed by atoms with van der Waals surface area (Å²) in [5.74, 6) is -0.336. The molecule has 0 saturated heterocycles. The van der Waals surface area contributed by atoms with Crippen molar-refractivity contribution in [1.29, 1.82) is 0 Å². The van der Waals surface area contributed by atoms with Crippen LogP contribution < -0.4 is 0 Å². The molecule has 0 radical (unpaired) electrons. The molecule has 0 unspecified atom stereocenters. The highest BCUT2D eigenvalue weighted by Gasteiger charge is 2.29. The Balaban J connectivity index is 3.45. The van der Waals surface area contributed by atoms with E-state index in [4.69, 9.17) is 4.74 Å². The molecule has 0 rings (SSSR count). The first kappa shape index (κ1) is 27.1. The number of hydrogen-bond donors (Lipinski definition) is 3. The number of carbonyl (C=O) groups excluding carboxylic acids is 1. The van der Waals surface area contributed by atoms with Gasteiger partial charge in [0, 0.05) is 6.42 Å². The lowest BCUT2D eigenvalue weighted by Crippen LogP contribution is -2.39. The highest BCUT2D eigenvalue weighted by molar-refractivity contribution is 5.69. The molecule has 0 aromatic heterocycles. The van der Waals surface area contributed by atoms with Gasteiger partial charge in [-0.05, 0) is 32.1 Å². The van der Waals surface area contributed by atoms with Crippen molar-refractivity contribution in [2.24, 2.45) is 5.41 Å². The van der Waals surface area contributed by atoms with Gasteiger partial charge in [-0.2, -0.15) is 0 Å². The molecule has 0 aromatic rings. The van der Waals surface area contributed by atoms with Crippen molar-refractivity contribution in [2.75, 3.05) is 26.4 Å². The summed E-state index contributed by atoms with van der Waals surface area (Å²) in [5.41, 5.74) is -1.14. The van der Waals surface area contributed by atoms with E-state index in [1.54, 1.807) is 0 Å². The molecule has 0 saturated carbocycles. The smallest absolute Gasteiger partial charge is 0.305 e. The maximum absolute atomic E-state index is 11.7. The summed E-state index contributed by atoms with van der Waals surface area (Å²) in [5, 5.41) is 27.6. The molecule has 0 aliphatic carbocycles. The minimum Gasteiger partial charge on any atom is -0.465 e. The van der Waals surface area contributed by atoms with Crippen molar-refractivity contribution in [3.63, 3.8) is 0 Å². The maximum Gasteiger partial charge on any atom is 0.305 e. The minimum atomic E-state index is -1.14. The number of ether oxygens (including phenoxy) is 1. The molecule has 0 heterocycles. The van der Waals surface area contributed by atoms with Crippen LogP contribution in [0.15, 0.2) is 12.2 Å². The van der Waals surface area contributed by atoms with Crippen LogP contribution in [-0.2, 0) is 9.53 Å². The van der Waals surface area contributed by atoms with Crippen LogP contribution in [0.4, 0.5) is 0 Å². The molecule has 0 atom stereocenters. The fraction of sp³-hybridized carbons (Fsp3) is 0.870. The normalized spacial score (nSPS) is 12.0. The molecule has 3 N–H and O–H groups in total. The standard InChI is InChI=1S/C23H44O5/c1-2-3-4-5-6-7-8-9-10-11-12-13-14-15-16-17-22(27)28-21-23(18-24,19-25)20-26/h9-10,24-26H,2-8,11-21H2,1H3. The zero-order valence-corrected chi connectivity index (χ0v) is 18.0. The van der Waals surface area contributed by atoms with Crippen molar-refractivity contribution < 1.29 is 24.9 Å². The van der Waals surface area contributed by atoms with Crippen LogP contribution in [0, 0.1) is 5.41 Å². The molecule has 0 amide bonds. The molecular formula is C23H44O5. The fourth-order valence-electron chi connectivity index (χ4n) is 2.93. The van der Waals surface area contributed by atoms with Gasteiger partial charge in [-0.3, -0.25) is 4.79 Å². The summed E-state index contributed by atoms with van der Waals surface area (Å²) in [6.45, 7) is 0.849. The summed E-state index contributed by atoms with van der Waals surface area (Å²) >= 11 is 0. The molecular weight excluding hydrogens is 356 g/mol. The van der Waals surface area contributed by atoms with Gasteiger partial charge in [-0.15, -0.1) is 0 Å². The molecule has 28 heavy (non-hydrogen) atoms. The van der Waals surface area contributed by atoms with E-state index in [9.17, 15) is 20.1 Å². The van der Waals surface area contributed by atoms with Crippen molar-refractivity contribution in [3.05, 3.63) is 12.2 Å². The summed E-state index contributed by atoms with van der Waals surface area (Å²) in [6.07, 6.45) is 20.7. The Morgan fingerprint density at radius 2 is 1.21 bits per heavy atom. The highest BCUT2D eigenvalue weighted by Crippen LogP contribution is 2.16. The first-order valence-electron chi connectivity index (χ1n) is 11.3. The Morgan fingerprint density at radius 3 is 1.71 bits per heavy atom. The predicted octanol–water partition coefficient (Wildman–Crippen LogP) is 4.53.